The Hall–Kier alpha value is -2.51. The lowest BCUT2D eigenvalue weighted by molar-refractivity contribution is -0.141. The highest BCUT2D eigenvalue weighted by Crippen LogP contribution is 2.35. The zero-order valence-electron chi connectivity index (χ0n) is 13.4. The van der Waals surface area contributed by atoms with Crippen LogP contribution in [-0.2, 0) is 6.18 Å². The Bertz CT molecular complexity index is 743. The molecule has 1 aromatic carbocycles. The minimum atomic E-state index is -4.79. The van der Waals surface area contributed by atoms with Crippen molar-refractivity contribution in [2.75, 3.05) is 18.0 Å². The number of alkyl halides is 3. The number of amides is 1. The molecule has 0 aliphatic carbocycles. The summed E-state index contributed by atoms with van der Waals surface area (Å²) in [6.07, 6.45) is -2.31. The van der Waals surface area contributed by atoms with Gasteiger partial charge in [-0.05, 0) is 30.7 Å². The fourth-order valence-corrected chi connectivity index (χ4v) is 3.15. The molecule has 1 aliphatic rings. The third kappa shape index (κ3) is 3.78. The van der Waals surface area contributed by atoms with Gasteiger partial charge in [-0.25, -0.2) is 0 Å². The number of hydrogen-bond donors (Lipinski definition) is 1. The average molecular weight is 353 g/mol. The van der Waals surface area contributed by atoms with Gasteiger partial charge in [-0.2, -0.15) is 18.2 Å². The lowest BCUT2D eigenvalue weighted by Crippen LogP contribution is -2.24. The van der Waals surface area contributed by atoms with E-state index in [1.165, 1.54) is 5.56 Å². The van der Waals surface area contributed by atoms with Gasteiger partial charge in [0.05, 0.1) is 0 Å². The zero-order chi connectivity index (χ0) is 18.0. The molecule has 2 N–H and O–H groups in total. The van der Waals surface area contributed by atoms with Crippen molar-refractivity contribution in [2.24, 2.45) is 5.73 Å². The van der Waals surface area contributed by atoms with E-state index in [0.29, 0.717) is 19.0 Å². The zero-order valence-corrected chi connectivity index (χ0v) is 13.4. The summed E-state index contributed by atoms with van der Waals surface area (Å²) in [5.41, 5.74) is 4.84. The van der Waals surface area contributed by atoms with Crippen molar-refractivity contribution in [3.63, 3.8) is 0 Å². The van der Waals surface area contributed by atoms with Gasteiger partial charge in [0, 0.05) is 13.1 Å². The predicted octanol–water partition coefficient (Wildman–Crippen LogP) is 3.57. The van der Waals surface area contributed by atoms with Crippen molar-refractivity contribution in [3.05, 3.63) is 47.3 Å². The quantitative estimate of drug-likeness (QED) is 0.916. The molecule has 1 atom stereocenters. The summed E-state index contributed by atoms with van der Waals surface area (Å²) < 4.78 is 44.1. The highest BCUT2D eigenvalue weighted by Gasteiger charge is 2.41. The highest BCUT2D eigenvalue weighted by molar-refractivity contribution is 5.91. The fraction of sp³-hybridized carbons (Fsp3) is 0.412. The number of benzene rings is 1. The standard InChI is InChI=1S/C17H18F3N3O2/c18-17(19,20)14-13(15(21)24)25-16(22-14)23-9-4-7-12(8-10-23)11-5-2-1-3-6-11/h1-3,5-6,12H,4,7-10H2,(H2,21,24). The minimum absolute atomic E-state index is 0.199. The first-order chi connectivity index (χ1) is 11.9. The summed E-state index contributed by atoms with van der Waals surface area (Å²) in [6.45, 7) is 1.01. The van der Waals surface area contributed by atoms with Gasteiger partial charge in [0.2, 0.25) is 5.76 Å². The van der Waals surface area contributed by atoms with E-state index >= 15 is 0 Å². The summed E-state index contributed by atoms with van der Waals surface area (Å²) in [5, 5.41) is 0. The van der Waals surface area contributed by atoms with Crippen LogP contribution >= 0.6 is 0 Å². The first-order valence-corrected chi connectivity index (χ1v) is 8.04. The molecule has 2 aromatic rings. The number of nitrogens with two attached hydrogens (primary N) is 1. The first-order valence-electron chi connectivity index (χ1n) is 8.04. The molecule has 8 heteroatoms. The first kappa shape index (κ1) is 17.3. The smallest absolute Gasteiger partial charge is 0.417 e. The maximum absolute atomic E-state index is 13.0. The van der Waals surface area contributed by atoms with Crippen LogP contribution in [0.3, 0.4) is 0 Å². The van der Waals surface area contributed by atoms with E-state index < -0.39 is 23.5 Å². The number of carbonyl (C=O) groups is 1. The molecule has 134 valence electrons. The van der Waals surface area contributed by atoms with Gasteiger partial charge in [0.15, 0.2) is 5.69 Å². The molecular formula is C17H18F3N3O2. The van der Waals surface area contributed by atoms with Gasteiger partial charge >= 0.3 is 6.18 Å². The van der Waals surface area contributed by atoms with E-state index in [1.807, 2.05) is 18.2 Å². The van der Waals surface area contributed by atoms with Crippen molar-refractivity contribution in [3.8, 4) is 0 Å². The molecule has 1 fully saturated rings. The van der Waals surface area contributed by atoms with Crippen LogP contribution in [0.2, 0.25) is 0 Å². The molecule has 0 saturated carbocycles. The molecule has 1 aromatic heterocycles. The Labute approximate surface area is 142 Å². The van der Waals surface area contributed by atoms with E-state index in [4.69, 9.17) is 10.2 Å². The number of oxazole rings is 1. The summed E-state index contributed by atoms with van der Waals surface area (Å²) in [4.78, 5) is 16.4. The van der Waals surface area contributed by atoms with Crippen LogP contribution in [0.5, 0.6) is 0 Å². The van der Waals surface area contributed by atoms with E-state index in [2.05, 4.69) is 17.1 Å². The predicted molar refractivity (Wildman–Crippen MR) is 85.3 cm³/mol. The summed E-state index contributed by atoms with van der Waals surface area (Å²) in [5.74, 6) is -1.88. The number of hydrogen-bond acceptors (Lipinski definition) is 4. The normalized spacial score (nSPS) is 18.8. The Morgan fingerprint density at radius 2 is 1.92 bits per heavy atom. The molecule has 1 unspecified atom stereocenters. The molecule has 1 saturated heterocycles. The number of rotatable bonds is 3. The SMILES string of the molecule is NC(=O)c1oc(N2CCCC(c3ccccc3)CC2)nc1C(F)(F)F. The van der Waals surface area contributed by atoms with Gasteiger partial charge in [-0.15, -0.1) is 0 Å². The van der Waals surface area contributed by atoms with E-state index in [9.17, 15) is 18.0 Å². The van der Waals surface area contributed by atoms with Gasteiger partial charge in [-0.3, -0.25) is 4.79 Å². The Morgan fingerprint density at radius 3 is 2.52 bits per heavy atom. The number of carbonyl (C=O) groups excluding carboxylic acids is 1. The van der Waals surface area contributed by atoms with Crippen LogP contribution in [0.1, 0.15) is 47.0 Å². The lowest BCUT2D eigenvalue weighted by Gasteiger charge is -2.18. The second kappa shape index (κ2) is 6.78. The second-order valence-corrected chi connectivity index (χ2v) is 6.06. The molecule has 25 heavy (non-hydrogen) atoms. The van der Waals surface area contributed by atoms with E-state index in [0.717, 1.165) is 19.3 Å². The average Bonchev–Trinajstić information content (AvgIpc) is 2.89. The van der Waals surface area contributed by atoms with Crippen LogP contribution in [0.4, 0.5) is 19.2 Å². The Balaban J connectivity index is 1.80. The van der Waals surface area contributed by atoms with Crippen LogP contribution in [0.15, 0.2) is 34.7 Å². The van der Waals surface area contributed by atoms with Crippen LogP contribution in [0, 0.1) is 0 Å². The molecule has 0 radical (unpaired) electrons. The molecule has 5 nitrogen and oxygen atoms in total. The topological polar surface area (TPSA) is 72.4 Å². The van der Waals surface area contributed by atoms with Crippen molar-refractivity contribution < 1.29 is 22.4 Å². The van der Waals surface area contributed by atoms with Gasteiger partial charge in [0.25, 0.3) is 11.9 Å². The van der Waals surface area contributed by atoms with Crippen molar-refractivity contribution >= 4 is 11.9 Å². The maximum Gasteiger partial charge on any atom is 0.437 e. The second-order valence-electron chi connectivity index (χ2n) is 6.06. The summed E-state index contributed by atoms with van der Waals surface area (Å²) >= 11 is 0. The molecule has 0 bridgehead atoms. The number of aromatic nitrogens is 1. The van der Waals surface area contributed by atoms with E-state index in [1.54, 1.807) is 4.90 Å². The number of nitrogens with zero attached hydrogens (tertiary/aromatic N) is 2. The molecule has 1 amide bonds. The molecule has 2 heterocycles. The van der Waals surface area contributed by atoms with Crippen molar-refractivity contribution in [1.29, 1.82) is 0 Å². The fourth-order valence-electron chi connectivity index (χ4n) is 3.15. The van der Waals surface area contributed by atoms with Gasteiger partial charge in [0.1, 0.15) is 0 Å². The third-order valence-electron chi connectivity index (χ3n) is 4.38. The summed E-state index contributed by atoms with van der Waals surface area (Å²) in [7, 11) is 0. The van der Waals surface area contributed by atoms with Gasteiger partial charge < -0.3 is 15.1 Å². The highest BCUT2D eigenvalue weighted by atomic mass is 19.4. The van der Waals surface area contributed by atoms with Crippen LogP contribution < -0.4 is 10.6 Å². The van der Waals surface area contributed by atoms with E-state index in [-0.39, 0.29) is 6.01 Å². The maximum atomic E-state index is 13.0. The lowest BCUT2D eigenvalue weighted by atomic mass is 9.92. The minimum Gasteiger partial charge on any atom is -0.417 e. The van der Waals surface area contributed by atoms with Crippen molar-refractivity contribution in [2.45, 2.75) is 31.4 Å². The van der Waals surface area contributed by atoms with Crippen LogP contribution in [-0.4, -0.2) is 24.0 Å². The monoisotopic (exact) mass is 353 g/mol. The molecule has 0 spiro atoms. The Kier molecular flexibility index (Phi) is 4.69. The number of anilines is 1. The van der Waals surface area contributed by atoms with Crippen LogP contribution in [0.25, 0.3) is 0 Å². The summed E-state index contributed by atoms with van der Waals surface area (Å²) in [6, 6.07) is 9.80. The number of primary amides is 1. The third-order valence-corrected chi connectivity index (χ3v) is 4.38. The van der Waals surface area contributed by atoms with Gasteiger partial charge in [-0.1, -0.05) is 30.3 Å². The number of halogens is 3. The molecule has 3 rings (SSSR count). The molecule has 1 aliphatic heterocycles. The van der Waals surface area contributed by atoms with Crippen molar-refractivity contribution in [1.82, 2.24) is 4.98 Å². The molecular weight excluding hydrogens is 335 g/mol. The Morgan fingerprint density at radius 1 is 1.20 bits per heavy atom. The largest absolute Gasteiger partial charge is 0.437 e.